The molecule has 1 aliphatic heterocycles. The Balaban J connectivity index is 2.13. The molecule has 0 fully saturated rings. The third-order valence-corrected chi connectivity index (χ3v) is 2.63. The van der Waals surface area contributed by atoms with Crippen molar-refractivity contribution in [2.24, 2.45) is 21.9 Å². The molecular formula is C9H8F3N3O. The van der Waals surface area contributed by atoms with Crippen LogP contribution >= 0.6 is 0 Å². The van der Waals surface area contributed by atoms with Crippen LogP contribution in [-0.2, 0) is 4.79 Å². The van der Waals surface area contributed by atoms with Gasteiger partial charge in [0.25, 0.3) is 5.66 Å². The number of primary amides is 1. The molecule has 2 N–H and O–H groups in total. The predicted octanol–water partition coefficient (Wildman–Crippen LogP) is 1.70. The zero-order valence-electron chi connectivity index (χ0n) is 8.03. The molecule has 2 rings (SSSR count). The summed E-state index contributed by atoms with van der Waals surface area (Å²) >= 11 is 0. The van der Waals surface area contributed by atoms with Gasteiger partial charge >= 0.3 is 6.18 Å². The largest absolute Gasteiger partial charge is 0.438 e. The molecule has 1 atom stereocenters. The first kappa shape index (κ1) is 10.8. The maximum Gasteiger partial charge on any atom is 0.438 e. The van der Waals surface area contributed by atoms with Crippen molar-refractivity contribution in [2.45, 2.75) is 18.3 Å². The van der Waals surface area contributed by atoms with Crippen molar-refractivity contribution < 1.29 is 18.0 Å². The first-order valence-corrected chi connectivity index (χ1v) is 4.56. The minimum absolute atomic E-state index is 0.0568. The maximum atomic E-state index is 12.6. The summed E-state index contributed by atoms with van der Waals surface area (Å²) in [6.07, 6.45) is -0.480. The predicted molar refractivity (Wildman–Crippen MR) is 48.2 cm³/mol. The van der Waals surface area contributed by atoms with Gasteiger partial charge in [-0.05, 0) is 6.42 Å². The molecule has 16 heavy (non-hydrogen) atoms. The molecule has 1 aliphatic carbocycles. The monoisotopic (exact) mass is 231 g/mol. The maximum absolute atomic E-state index is 12.6. The lowest BCUT2D eigenvalue weighted by Gasteiger charge is -2.23. The lowest BCUT2D eigenvalue weighted by Crippen LogP contribution is -2.39. The second kappa shape index (κ2) is 3.16. The highest BCUT2D eigenvalue weighted by atomic mass is 19.4. The molecule has 0 saturated carbocycles. The minimum atomic E-state index is -4.49. The van der Waals surface area contributed by atoms with E-state index in [1.165, 1.54) is 18.2 Å². The van der Waals surface area contributed by atoms with Crippen molar-refractivity contribution in [3.63, 3.8) is 0 Å². The average molecular weight is 231 g/mol. The molecule has 4 nitrogen and oxygen atoms in total. The number of carbonyl (C=O) groups is 1. The number of alkyl halides is 3. The Bertz CT molecular complexity index is 416. The fourth-order valence-corrected chi connectivity index (χ4v) is 1.63. The molecule has 0 aromatic carbocycles. The standard InChI is InChI=1S/C9H8F3N3O/c10-9(11,12)8(14-15-8)6-3-1-5(2-4-6)7(13)16/h1-3,6H,4H2,(H2,13,16). The van der Waals surface area contributed by atoms with E-state index in [4.69, 9.17) is 5.73 Å². The van der Waals surface area contributed by atoms with Crippen LogP contribution in [0.2, 0.25) is 0 Å². The van der Waals surface area contributed by atoms with Crippen LogP contribution in [0.15, 0.2) is 34.0 Å². The Kier molecular flexibility index (Phi) is 2.14. The molecule has 0 radical (unpaired) electrons. The van der Waals surface area contributed by atoms with E-state index in [1.807, 2.05) is 0 Å². The van der Waals surface area contributed by atoms with E-state index < -0.39 is 23.7 Å². The van der Waals surface area contributed by atoms with E-state index in [9.17, 15) is 18.0 Å². The number of rotatable bonds is 2. The second-order valence-corrected chi connectivity index (χ2v) is 3.65. The van der Waals surface area contributed by atoms with E-state index in [-0.39, 0.29) is 12.0 Å². The highest BCUT2D eigenvalue weighted by molar-refractivity contribution is 5.95. The number of amides is 1. The van der Waals surface area contributed by atoms with Gasteiger partial charge in [0.05, 0.1) is 0 Å². The summed E-state index contributed by atoms with van der Waals surface area (Å²) in [5, 5.41) is 6.20. The number of nitrogens with two attached hydrogens (primary N) is 1. The number of halogens is 3. The Labute approximate surface area is 88.7 Å². The smallest absolute Gasteiger partial charge is 0.366 e. The minimum Gasteiger partial charge on any atom is -0.366 e. The van der Waals surface area contributed by atoms with Crippen LogP contribution in [0.1, 0.15) is 6.42 Å². The van der Waals surface area contributed by atoms with Gasteiger partial charge in [-0.3, -0.25) is 4.79 Å². The van der Waals surface area contributed by atoms with Crippen LogP contribution in [0.25, 0.3) is 0 Å². The van der Waals surface area contributed by atoms with E-state index >= 15 is 0 Å². The van der Waals surface area contributed by atoms with Crippen LogP contribution in [0.5, 0.6) is 0 Å². The fraction of sp³-hybridized carbons (Fsp3) is 0.444. The summed E-state index contributed by atoms with van der Waals surface area (Å²) in [7, 11) is 0. The van der Waals surface area contributed by atoms with Gasteiger partial charge in [-0.25, -0.2) is 0 Å². The summed E-state index contributed by atoms with van der Waals surface area (Å²) < 4.78 is 37.8. The highest BCUT2D eigenvalue weighted by Crippen LogP contribution is 2.51. The van der Waals surface area contributed by atoms with Gasteiger partial charge in [0.15, 0.2) is 0 Å². The molecule has 1 heterocycles. The van der Waals surface area contributed by atoms with Crippen molar-refractivity contribution in [1.82, 2.24) is 0 Å². The first-order chi connectivity index (χ1) is 7.37. The Morgan fingerprint density at radius 2 is 2.12 bits per heavy atom. The molecule has 2 aliphatic rings. The molecule has 0 aromatic rings. The molecule has 0 spiro atoms. The van der Waals surface area contributed by atoms with Gasteiger partial charge in [-0.1, -0.05) is 18.2 Å². The van der Waals surface area contributed by atoms with Crippen molar-refractivity contribution in [2.75, 3.05) is 0 Å². The third kappa shape index (κ3) is 1.52. The van der Waals surface area contributed by atoms with Gasteiger partial charge in [0, 0.05) is 11.5 Å². The zero-order valence-corrected chi connectivity index (χ0v) is 8.03. The summed E-state index contributed by atoms with van der Waals surface area (Å²) in [5.41, 5.74) is 2.91. The van der Waals surface area contributed by atoms with Gasteiger partial charge in [0.1, 0.15) is 0 Å². The zero-order chi connectivity index (χ0) is 12.0. The average Bonchev–Trinajstić information content (AvgIpc) is 2.97. The quantitative estimate of drug-likeness (QED) is 0.772. The van der Waals surface area contributed by atoms with Crippen LogP contribution in [-0.4, -0.2) is 17.7 Å². The van der Waals surface area contributed by atoms with Crippen molar-refractivity contribution in [3.05, 3.63) is 23.8 Å². The van der Waals surface area contributed by atoms with Gasteiger partial charge < -0.3 is 5.73 Å². The van der Waals surface area contributed by atoms with Gasteiger partial charge in [-0.15, -0.1) is 10.2 Å². The first-order valence-electron chi connectivity index (χ1n) is 4.56. The van der Waals surface area contributed by atoms with Crippen molar-refractivity contribution in [1.29, 1.82) is 0 Å². The number of nitrogens with zero attached hydrogens (tertiary/aromatic N) is 2. The van der Waals surface area contributed by atoms with Crippen LogP contribution in [0.4, 0.5) is 13.2 Å². The number of carbonyl (C=O) groups excluding carboxylic acids is 1. The number of hydrogen-bond acceptors (Lipinski definition) is 3. The molecule has 0 saturated heterocycles. The van der Waals surface area contributed by atoms with Crippen LogP contribution < -0.4 is 5.73 Å². The van der Waals surface area contributed by atoms with E-state index in [2.05, 4.69) is 10.2 Å². The fourth-order valence-electron chi connectivity index (χ4n) is 1.63. The second-order valence-electron chi connectivity index (χ2n) is 3.65. The summed E-state index contributed by atoms with van der Waals surface area (Å²) in [6, 6.07) is 0. The molecule has 7 heteroatoms. The van der Waals surface area contributed by atoms with Gasteiger partial charge in [0.2, 0.25) is 5.91 Å². The molecular weight excluding hydrogens is 223 g/mol. The van der Waals surface area contributed by atoms with E-state index in [1.54, 1.807) is 0 Å². The van der Waals surface area contributed by atoms with Crippen LogP contribution in [0.3, 0.4) is 0 Å². The molecule has 1 unspecified atom stereocenters. The molecule has 1 amide bonds. The molecule has 0 aromatic heterocycles. The number of hydrogen-bond donors (Lipinski definition) is 1. The Morgan fingerprint density at radius 3 is 2.44 bits per heavy atom. The molecule has 0 bridgehead atoms. The third-order valence-electron chi connectivity index (χ3n) is 2.63. The summed E-state index contributed by atoms with van der Waals surface area (Å²) in [5.74, 6) is -1.53. The van der Waals surface area contributed by atoms with Crippen molar-refractivity contribution >= 4 is 5.91 Å². The SMILES string of the molecule is NC(=O)C1=CCC(C2(C(F)(F)F)N=N2)C=C1. The topological polar surface area (TPSA) is 67.8 Å². The lowest BCUT2D eigenvalue weighted by molar-refractivity contribution is -0.172. The Morgan fingerprint density at radius 1 is 1.50 bits per heavy atom. The summed E-state index contributed by atoms with van der Waals surface area (Å²) in [6.45, 7) is 0. The number of allylic oxidation sites excluding steroid dienone is 1. The highest BCUT2D eigenvalue weighted by Gasteiger charge is 2.67. The van der Waals surface area contributed by atoms with Crippen molar-refractivity contribution in [3.8, 4) is 0 Å². The lowest BCUT2D eigenvalue weighted by atomic mass is 9.87. The normalized spacial score (nSPS) is 26.4. The Hall–Kier alpha value is -1.66. The van der Waals surface area contributed by atoms with Crippen LogP contribution in [0, 0.1) is 5.92 Å². The van der Waals surface area contributed by atoms with E-state index in [0.29, 0.717) is 0 Å². The molecule has 86 valence electrons. The summed E-state index contributed by atoms with van der Waals surface area (Å²) in [4.78, 5) is 10.8. The van der Waals surface area contributed by atoms with E-state index in [0.717, 1.165) is 0 Å². The van der Waals surface area contributed by atoms with Gasteiger partial charge in [-0.2, -0.15) is 13.2 Å².